The number of ether oxygens (including phenoxy) is 1. The fourth-order valence-corrected chi connectivity index (χ4v) is 3.77. The average Bonchev–Trinajstić information content (AvgIpc) is 2.94. The fourth-order valence-electron chi connectivity index (χ4n) is 2.56. The van der Waals surface area contributed by atoms with E-state index in [1.165, 1.54) is 30.5 Å². The minimum Gasteiger partial charge on any atom is -0.504 e. The topological polar surface area (TPSA) is 115 Å². The number of phenolic OH excluding ortho intramolecular Hbond substituents is 1. The molecule has 0 atom stereocenters. The van der Waals surface area contributed by atoms with E-state index in [1.54, 1.807) is 30.3 Å². The van der Waals surface area contributed by atoms with Gasteiger partial charge in [0, 0.05) is 5.56 Å². The highest BCUT2D eigenvalue weighted by molar-refractivity contribution is 7.90. The molecular formula is C18H16N4O4S. The lowest BCUT2D eigenvalue weighted by molar-refractivity contribution is 0.373. The Hall–Kier alpha value is -3.38. The Balaban J connectivity index is 1.97. The van der Waals surface area contributed by atoms with Crippen molar-refractivity contribution >= 4 is 22.1 Å². The molecule has 3 rings (SSSR count). The highest BCUT2D eigenvalue weighted by Gasteiger charge is 2.31. The Bertz CT molecular complexity index is 1070. The monoisotopic (exact) mass is 384 g/mol. The third-order valence-electron chi connectivity index (χ3n) is 3.84. The van der Waals surface area contributed by atoms with Crippen LogP contribution in [-0.4, -0.2) is 44.2 Å². The molecule has 8 nitrogen and oxygen atoms in total. The zero-order chi connectivity index (χ0) is 19.4. The van der Waals surface area contributed by atoms with Crippen LogP contribution in [0.3, 0.4) is 0 Å². The third-order valence-corrected chi connectivity index (χ3v) is 5.17. The number of phenols is 1. The van der Waals surface area contributed by atoms with E-state index in [0.29, 0.717) is 11.1 Å². The second-order valence-electron chi connectivity index (χ2n) is 5.59. The van der Waals surface area contributed by atoms with Crippen LogP contribution in [0.5, 0.6) is 11.5 Å². The van der Waals surface area contributed by atoms with Crippen molar-refractivity contribution in [2.75, 3.05) is 13.7 Å². The third kappa shape index (κ3) is 3.75. The second kappa shape index (κ2) is 7.47. The van der Waals surface area contributed by atoms with Crippen LogP contribution in [0.2, 0.25) is 0 Å². The first-order chi connectivity index (χ1) is 13.0. The molecule has 1 heterocycles. The molecule has 0 spiro atoms. The van der Waals surface area contributed by atoms with Gasteiger partial charge in [0.25, 0.3) is 10.0 Å². The summed E-state index contributed by atoms with van der Waals surface area (Å²) in [5, 5.41) is 24.3. The second-order valence-corrected chi connectivity index (χ2v) is 7.17. The Labute approximate surface area is 156 Å². The molecular weight excluding hydrogens is 368 g/mol. The summed E-state index contributed by atoms with van der Waals surface area (Å²) in [6.45, 7) is 0.172. The lowest BCUT2D eigenvalue weighted by Crippen LogP contribution is -2.27. The largest absolute Gasteiger partial charge is 0.504 e. The SMILES string of the molecule is COc1cc(/C=N\N(CCC#N)C2=NS(=O)(=O)c3ccccc32)ccc1O. The summed E-state index contributed by atoms with van der Waals surface area (Å²) < 4.78 is 33.4. The maximum absolute atomic E-state index is 12.3. The van der Waals surface area contributed by atoms with Gasteiger partial charge in [-0.05, 0) is 35.9 Å². The van der Waals surface area contributed by atoms with Gasteiger partial charge in [0.1, 0.15) is 4.90 Å². The molecule has 2 aromatic carbocycles. The number of sulfonamides is 1. The Morgan fingerprint density at radius 3 is 2.85 bits per heavy atom. The van der Waals surface area contributed by atoms with Crippen LogP contribution in [0.25, 0.3) is 0 Å². The lowest BCUT2D eigenvalue weighted by atomic mass is 10.2. The summed E-state index contributed by atoms with van der Waals surface area (Å²) >= 11 is 0. The smallest absolute Gasteiger partial charge is 0.285 e. The number of nitriles is 1. The number of aromatic hydroxyl groups is 1. The molecule has 27 heavy (non-hydrogen) atoms. The van der Waals surface area contributed by atoms with Crippen molar-refractivity contribution in [1.82, 2.24) is 5.01 Å². The Kier molecular flexibility index (Phi) is 5.09. The molecule has 0 aromatic heterocycles. The molecule has 2 aromatic rings. The minimum absolute atomic E-state index is 0.00354. The van der Waals surface area contributed by atoms with E-state index in [0.717, 1.165) is 0 Å². The zero-order valence-electron chi connectivity index (χ0n) is 14.4. The summed E-state index contributed by atoms with van der Waals surface area (Å²) in [4.78, 5) is 0.114. The van der Waals surface area contributed by atoms with Crippen molar-refractivity contribution in [2.45, 2.75) is 11.3 Å². The molecule has 0 unspecified atom stereocenters. The van der Waals surface area contributed by atoms with Crippen LogP contribution in [0.15, 0.2) is 56.9 Å². The first-order valence-electron chi connectivity index (χ1n) is 7.96. The number of hydrazone groups is 1. The first kappa shape index (κ1) is 18.4. The number of rotatable bonds is 5. The maximum Gasteiger partial charge on any atom is 0.285 e. The average molecular weight is 384 g/mol. The van der Waals surface area contributed by atoms with E-state index in [9.17, 15) is 13.5 Å². The van der Waals surface area contributed by atoms with Crippen molar-refractivity contribution in [3.05, 3.63) is 53.6 Å². The van der Waals surface area contributed by atoms with E-state index in [2.05, 4.69) is 9.50 Å². The summed E-state index contributed by atoms with van der Waals surface area (Å²) in [6.07, 6.45) is 1.62. The molecule has 0 fully saturated rings. The summed E-state index contributed by atoms with van der Waals surface area (Å²) in [7, 11) is -2.35. The van der Waals surface area contributed by atoms with Crippen LogP contribution in [-0.2, 0) is 10.0 Å². The van der Waals surface area contributed by atoms with E-state index < -0.39 is 10.0 Å². The van der Waals surface area contributed by atoms with Crippen LogP contribution < -0.4 is 4.74 Å². The number of nitrogens with zero attached hydrogens (tertiary/aromatic N) is 4. The van der Waals surface area contributed by atoms with Gasteiger partial charge in [0.15, 0.2) is 17.3 Å². The van der Waals surface area contributed by atoms with Gasteiger partial charge in [0.05, 0.1) is 32.4 Å². The normalized spacial score (nSPS) is 14.4. The molecule has 0 saturated heterocycles. The predicted octanol–water partition coefficient (Wildman–Crippen LogP) is 2.10. The molecule has 0 aliphatic carbocycles. The van der Waals surface area contributed by atoms with Crippen molar-refractivity contribution in [3.63, 3.8) is 0 Å². The number of hydrogen-bond donors (Lipinski definition) is 1. The van der Waals surface area contributed by atoms with Gasteiger partial charge < -0.3 is 9.84 Å². The quantitative estimate of drug-likeness (QED) is 0.623. The standard InChI is InChI=1S/C18H16N4O4S/c1-26-16-11-13(7-8-15(16)23)12-20-22(10-4-9-19)18-14-5-2-3-6-17(14)27(24,25)21-18/h2-3,5-8,11-12,23H,4,10H2,1H3/b20-12-. The molecule has 0 bridgehead atoms. The molecule has 1 aliphatic rings. The predicted molar refractivity (Wildman–Crippen MR) is 99.4 cm³/mol. The molecule has 9 heteroatoms. The van der Waals surface area contributed by atoms with Crippen LogP contribution in [0.4, 0.5) is 0 Å². The van der Waals surface area contributed by atoms with Crippen molar-refractivity contribution < 1.29 is 18.3 Å². The zero-order valence-corrected chi connectivity index (χ0v) is 15.2. The molecule has 0 saturated carbocycles. The van der Waals surface area contributed by atoms with E-state index >= 15 is 0 Å². The summed E-state index contributed by atoms with van der Waals surface area (Å²) in [6, 6.07) is 13.2. The molecule has 1 N–H and O–H groups in total. The Morgan fingerprint density at radius 1 is 1.33 bits per heavy atom. The van der Waals surface area contributed by atoms with Crippen molar-refractivity contribution in [2.24, 2.45) is 9.50 Å². The number of benzene rings is 2. The lowest BCUT2D eigenvalue weighted by Gasteiger charge is -2.17. The highest BCUT2D eigenvalue weighted by Crippen LogP contribution is 2.28. The van der Waals surface area contributed by atoms with Gasteiger partial charge in [0.2, 0.25) is 0 Å². The van der Waals surface area contributed by atoms with Crippen LogP contribution in [0.1, 0.15) is 17.5 Å². The van der Waals surface area contributed by atoms with Crippen molar-refractivity contribution in [1.29, 1.82) is 5.26 Å². The molecule has 0 radical (unpaired) electrons. The van der Waals surface area contributed by atoms with Gasteiger partial charge in [-0.3, -0.25) is 0 Å². The number of fused-ring (bicyclic) bond motifs is 1. The maximum atomic E-state index is 12.3. The number of amidine groups is 1. The summed E-state index contributed by atoms with van der Waals surface area (Å²) in [5.41, 5.74) is 1.07. The minimum atomic E-state index is -3.79. The van der Waals surface area contributed by atoms with Gasteiger partial charge in [-0.15, -0.1) is 4.40 Å². The van der Waals surface area contributed by atoms with Gasteiger partial charge in [-0.2, -0.15) is 18.8 Å². The fraction of sp³-hybridized carbons (Fsp3) is 0.167. The number of hydrogen-bond acceptors (Lipinski definition) is 7. The van der Waals surface area contributed by atoms with E-state index in [1.807, 2.05) is 6.07 Å². The number of methoxy groups -OCH3 is 1. The van der Waals surface area contributed by atoms with Gasteiger partial charge >= 0.3 is 0 Å². The van der Waals surface area contributed by atoms with Gasteiger partial charge in [-0.25, -0.2) is 5.01 Å². The Morgan fingerprint density at radius 2 is 2.11 bits per heavy atom. The molecule has 138 valence electrons. The van der Waals surface area contributed by atoms with Gasteiger partial charge in [-0.1, -0.05) is 12.1 Å². The van der Waals surface area contributed by atoms with Crippen molar-refractivity contribution in [3.8, 4) is 17.6 Å². The van der Waals surface area contributed by atoms with Crippen LogP contribution >= 0.6 is 0 Å². The first-order valence-corrected chi connectivity index (χ1v) is 9.40. The highest BCUT2D eigenvalue weighted by atomic mass is 32.2. The van der Waals surface area contributed by atoms with E-state index in [4.69, 9.17) is 10.00 Å². The van der Waals surface area contributed by atoms with E-state index in [-0.39, 0.29) is 35.2 Å². The summed E-state index contributed by atoms with van der Waals surface area (Å²) in [5.74, 6) is 0.452. The van der Waals surface area contributed by atoms with Crippen LogP contribution in [0, 0.1) is 11.3 Å². The molecule has 1 aliphatic heterocycles. The molecule has 0 amide bonds.